The van der Waals surface area contributed by atoms with Crippen molar-refractivity contribution in [2.45, 2.75) is 19.8 Å². The maximum atomic E-state index is 12.2. The molecule has 172 valence electrons. The Morgan fingerprint density at radius 3 is 2.21 bits per heavy atom. The summed E-state index contributed by atoms with van der Waals surface area (Å²) in [5.74, 6) is -1.10. The number of hydrogen-bond donors (Lipinski definition) is 1. The van der Waals surface area contributed by atoms with Crippen LogP contribution in [0.15, 0.2) is 65.7 Å². The molecule has 2 aromatic carbocycles. The van der Waals surface area contributed by atoms with Gasteiger partial charge in [-0.05, 0) is 24.6 Å². The molecule has 0 aliphatic rings. The smallest absolute Gasteiger partial charge is 0.341 e. The summed E-state index contributed by atoms with van der Waals surface area (Å²) in [5, 5.41) is 9.94. The average Bonchev–Trinajstić information content (AvgIpc) is 3.20. The van der Waals surface area contributed by atoms with Gasteiger partial charge in [-0.3, -0.25) is 9.59 Å². The highest BCUT2D eigenvalue weighted by Crippen LogP contribution is 2.22. The molecule has 8 nitrogen and oxygen atoms in total. The van der Waals surface area contributed by atoms with Gasteiger partial charge in [0.15, 0.2) is 6.29 Å². The van der Waals surface area contributed by atoms with Gasteiger partial charge in [0, 0.05) is 35.8 Å². The van der Waals surface area contributed by atoms with E-state index in [9.17, 15) is 22.8 Å². The van der Waals surface area contributed by atoms with Gasteiger partial charge in [-0.15, -0.1) is 0 Å². The van der Waals surface area contributed by atoms with E-state index in [0.717, 1.165) is 11.9 Å². The van der Waals surface area contributed by atoms with E-state index >= 15 is 0 Å². The van der Waals surface area contributed by atoms with Crippen molar-refractivity contribution in [3.63, 3.8) is 0 Å². The lowest BCUT2D eigenvalue weighted by Crippen LogP contribution is -2.17. The summed E-state index contributed by atoms with van der Waals surface area (Å²) in [4.78, 5) is 33.5. The molecule has 4 rings (SSSR count). The summed E-state index contributed by atoms with van der Waals surface area (Å²) in [6.45, 7) is 1.94. The number of aromatic carboxylic acids is 1. The van der Waals surface area contributed by atoms with Crippen LogP contribution in [0, 0.1) is 0 Å². The van der Waals surface area contributed by atoms with Crippen LogP contribution in [-0.4, -0.2) is 40.1 Å². The number of carboxylic acid groups (broad SMARTS) is 1. The minimum atomic E-state index is -3.38. The summed E-state index contributed by atoms with van der Waals surface area (Å²) >= 11 is 0. The van der Waals surface area contributed by atoms with Gasteiger partial charge in [-0.1, -0.05) is 43.7 Å². The van der Waals surface area contributed by atoms with Crippen molar-refractivity contribution < 1.29 is 23.1 Å². The summed E-state index contributed by atoms with van der Waals surface area (Å²) in [7, 11) is -1.66. The number of para-hydroxylation sites is 2. The van der Waals surface area contributed by atoms with Gasteiger partial charge in [0.1, 0.15) is 5.56 Å². The Balaban J connectivity index is 0.000000189. The first-order valence-electron chi connectivity index (χ1n) is 10.3. The minimum absolute atomic E-state index is 0.0977. The van der Waals surface area contributed by atoms with Crippen LogP contribution in [0.5, 0.6) is 0 Å². The van der Waals surface area contributed by atoms with Gasteiger partial charge >= 0.3 is 5.97 Å². The normalized spacial score (nSPS) is 11.2. The quantitative estimate of drug-likeness (QED) is 0.432. The highest BCUT2D eigenvalue weighted by Gasteiger charge is 2.17. The Kier molecular flexibility index (Phi) is 7.13. The lowest BCUT2D eigenvalue weighted by atomic mass is 10.1. The fourth-order valence-electron chi connectivity index (χ4n) is 3.52. The standard InChI is InChI=1S/C13H15NO3S.C11H9NO3/c1-2-3-8-18(16,17)14-9-11(10-15)12-6-4-5-7-13(12)14;1-12-6-8(11(14)15)10(13)7-4-2-3-5-9(7)12/h4-7,9-10H,2-3,8H2,1H3;2-6H,1H3,(H,14,15). The Bertz CT molecular complexity index is 1500. The lowest BCUT2D eigenvalue weighted by molar-refractivity contribution is 0.0694. The molecule has 0 amide bonds. The number of carbonyl (C=O) groups excluding carboxylic acids is 1. The molecular weight excluding hydrogens is 444 g/mol. The molecule has 9 heteroatoms. The second-order valence-corrected chi connectivity index (χ2v) is 9.46. The minimum Gasteiger partial charge on any atom is -0.477 e. The van der Waals surface area contributed by atoms with Crippen LogP contribution in [0.3, 0.4) is 0 Å². The van der Waals surface area contributed by atoms with Crippen molar-refractivity contribution in [1.29, 1.82) is 0 Å². The molecule has 0 fully saturated rings. The fourth-order valence-corrected chi connectivity index (χ4v) is 5.10. The predicted octanol–water partition coefficient (Wildman–Crippen LogP) is 3.67. The molecule has 0 saturated carbocycles. The third-order valence-corrected chi connectivity index (χ3v) is 6.92. The van der Waals surface area contributed by atoms with Gasteiger partial charge in [-0.25, -0.2) is 17.2 Å². The number of aromatic nitrogens is 2. The fraction of sp³-hybridized carbons (Fsp3) is 0.208. The summed E-state index contributed by atoms with van der Waals surface area (Å²) in [6.07, 6.45) is 4.87. The van der Waals surface area contributed by atoms with E-state index in [0.29, 0.717) is 34.6 Å². The van der Waals surface area contributed by atoms with Gasteiger partial charge in [0.25, 0.3) is 0 Å². The van der Waals surface area contributed by atoms with Crippen molar-refractivity contribution in [3.8, 4) is 0 Å². The topological polar surface area (TPSA) is 115 Å². The van der Waals surface area contributed by atoms with Crippen molar-refractivity contribution in [2.75, 3.05) is 5.75 Å². The SMILES string of the molecule is CCCCS(=O)(=O)n1cc(C=O)c2ccccc21.Cn1cc(C(=O)O)c(=O)c2ccccc21. The van der Waals surface area contributed by atoms with Gasteiger partial charge in [0.05, 0.1) is 16.8 Å². The molecule has 1 N–H and O–H groups in total. The lowest BCUT2D eigenvalue weighted by Gasteiger charge is -2.06. The van der Waals surface area contributed by atoms with Gasteiger partial charge < -0.3 is 9.67 Å². The number of carboxylic acids is 1. The molecule has 0 bridgehead atoms. The predicted molar refractivity (Wildman–Crippen MR) is 128 cm³/mol. The Morgan fingerprint density at radius 2 is 1.61 bits per heavy atom. The number of carbonyl (C=O) groups is 2. The number of rotatable bonds is 6. The molecule has 4 aromatic rings. The molecule has 2 aromatic heterocycles. The van der Waals surface area contributed by atoms with E-state index in [2.05, 4.69) is 0 Å². The van der Waals surface area contributed by atoms with E-state index in [4.69, 9.17) is 5.11 Å². The first-order chi connectivity index (χ1) is 15.7. The van der Waals surface area contributed by atoms with Crippen LogP contribution in [0.2, 0.25) is 0 Å². The van der Waals surface area contributed by atoms with Crippen LogP contribution in [0.1, 0.15) is 40.5 Å². The summed E-state index contributed by atoms with van der Waals surface area (Å²) < 4.78 is 27.2. The molecule has 2 heterocycles. The van der Waals surface area contributed by atoms with Crippen molar-refractivity contribution in [2.24, 2.45) is 7.05 Å². The van der Waals surface area contributed by atoms with Crippen LogP contribution in [0.4, 0.5) is 0 Å². The highest BCUT2D eigenvalue weighted by molar-refractivity contribution is 7.90. The number of fused-ring (bicyclic) bond motifs is 2. The highest BCUT2D eigenvalue weighted by atomic mass is 32.2. The second-order valence-electron chi connectivity index (χ2n) is 7.49. The number of unbranched alkanes of at least 4 members (excludes halogenated alkanes) is 1. The number of aryl methyl sites for hydroxylation is 1. The first-order valence-corrected chi connectivity index (χ1v) is 11.9. The van der Waals surface area contributed by atoms with Crippen LogP contribution < -0.4 is 5.43 Å². The van der Waals surface area contributed by atoms with Crippen molar-refractivity contribution in [3.05, 3.63) is 82.3 Å². The molecular formula is C24H24N2O6S. The number of nitrogens with zero attached hydrogens (tertiary/aromatic N) is 2. The zero-order chi connectivity index (χ0) is 24.2. The monoisotopic (exact) mass is 468 g/mol. The van der Waals surface area contributed by atoms with Gasteiger partial charge in [0.2, 0.25) is 15.5 Å². The summed E-state index contributed by atoms with van der Waals surface area (Å²) in [5.41, 5.74) is 1.07. The maximum Gasteiger partial charge on any atom is 0.341 e. The Hall–Kier alpha value is -3.72. The zero-order valence-corrected chi connectivity index (χ0v) is 19.1. The van der Waals surface area contributed by atoms with Crippen molar-refractivity contribution >= 4 is 44.1 Å². The molecule has 0 aliphatic carbocycles. The molecule has 0 atom stereocenters. The number of pyridine rings is 1. The van der Waals surface area contributed by atoms with E-state index in [1.807, 2.05) is 13.0 Å². The Morgan fingerprint density at radius 1 is 1.00 bits per heavy atom. The first kappa shape index (κ1) is 23.9. The maximum absolute atomic E-state index is 12.2. The third-order valence-electron chi connectivity index (χ3n) is 5.22. The largest absolute Gasteiger partial charge is 0.477 e. The molecule has 0 aliphatic heterocycles. The summed E-state index contributed by atoms with van der Waals surface area (Å²) in [6, 6.07) is 14.0. The van der Waals surface area contributed by atoms with Gasteiger partial charge in [-0.2, -0.15) is 0 Å². The Labute approximate surface area is 190 Å². The van der Waals surface area contributed by atoms with Crippen molar-refractivity contribution in [1.82, 2.24) is 8.54 Å². The van der Waals surface area contributed by atoms with Crippen LogP contribution in [-0.2, 0) is 17.1 Å². The molecule has 0 saturated heterocycles. The number of aldehydes is 1. The number of hydrogen-bond acceptors (Lipinski definition) is 5. The van der Waals surface area contributed by atoms with Crippen LogP contribution in [0.25, 0.3) is 21.8 Å². The van der Waals surface area contributed by atoms with Crippen LogP contribution >= 0.6 is 0 Å². The molecule has 33 heavy (non-hydrogen) atoms. The van der Waals surface area contributed by atoms with E-state index < -0.39 is 21.4 Å². The number of benzene rings is 2. The second kappa shape index (κ2) is 9.83. The van der Waals surface area contributed by atoms with E-state index in [-0.39, 0.29) is 11.3 Å². The van der Waals surface area contributed by atoms with E-state index in [1.165, 1.54) is 16.4 Å². The zero-order valence-electron chi connectivity index (χ0n) is 18.3. The molecule has 0 unspecified atom stereocenters. The molecule has 0 spiro atoms. The van der Waals surface area contributed by atoms with E-state index in [1.54, 1.807) is 54.1 Å². The third kappa shape index (κ3) is 4.88. The average molecular weight is 469 g/mol. The molecule has 0 radical (unpaired) electrons.